The Morgan fingerprint density at radius 1 is 1.25 bits per heavy atom. The molecule has 0 N–H and O–H groups in total. The number of hydrogen-bond acceptors (Lipinski definition) is 0. The monoisotopic (exact) mass is 160 g/mol. The predicted molar refractivity (Wildman–Crippen MR) is 55.0 cm³/mol. The summed E-state index contributed by atoms with van der Waals surface area (Å²) < 4.78 is 0. The van der Waals surface area contributed by atoms with E-state index in [1.807, 2.05) is 12.2 Å². The molecule has 0 amide bonds. The predicted octanol–water partition coefficient (Wildman–Crippen LogP) is 3.64. The Hall–Kier alpha value is -1.04. The van der Waals surface area contributed by atoms with E-state index in [0.29, 0.717) is 0 Å². The molecule has 0 aromatic carbocycles. The lowest BCUT2D eigenvalue weighted by molar-refractivity contribution is 0.563. The fourth-order valence-corrected chi connectivity index (χ4v) is 1.61. The summed E-state index contributed by atoms with van der Waals surface area (Å²) in [4.78, 5) is 0. The first-order valence-corrected chi connectivity index (χ1v) is 4.22. The first-order valence-electron chi connectivity index (χ1n) is 4.22. The van der Waals surface area contributed by atoms with Crippen LogP contribution in [0.3, 0.4) is 0 Å². The molecule has 0 atom stereocenters. The van der Waals surface area contributed by atoms with Gasteiger partial charge in [0.2, 0.25) is 0 Å². The Bertz CT molecular complexity index is 285. The normalized spacial score (nSPS) is 20.8. The molecule has 0 fully saturated rings. The molecule has 12 heavy (non-hydrogen) atoms. The number of allylic oxidation sites excluding steroid dienone is 6. The van der Waals surface area contributed by atoms with Gasteiger partial charge in [-0.25, -0.2) is 0 Å². The van der Waals surface area contributed by atoms with E-state index in [2.05, 4.69) is 40.0 Å². The van der Waals surface area contributed by atoms with Crippen molar-refractivity contribution in [3.8, 4) is 0 Å². The van der Waals surface area contributed by atoms with Gasteiger partial charge < -0.3 is 0 Å². The van der Waals surface area contributed by atoms with Crippen molar-refractivity contribution in [3.05, 3.63) is 48.1 Å². The molecule has 0 bridgehead atoms. The maximum atomic E-state index is 3.83. The van der Waals surface area contributed by atoms with Crippen LogP contribution in [-0.4, -0.2) is 0 Å². The zero-order valence-corrected chi connectivity index (χ0v) is 8.15. The first-order chi connectivity index (χ1) is 5.54. The Morgan fingerprint density at radius 3 is 2.17 bits per heavy atom. The van der Waals surface area contributed by atoms with E-state index in [1.165, 1.54) is 16.7 Å². The lowest BCUT2D eigenvalue weighted by atomic mass is 9.81. The van der Waals surface area contributed by atoms with Crippen LogP contribution >= 0.6 is 0 Å². The second kappa shape index (κ2) is 2.78. The second-order valence-corrected chi connectivity index (χ2v) is 3.73. The number of hydrogen-bond donors (Lipinski definition) is 0. The van der Waals surface area contributed by atoms with Gasteiger partial charge in [-0.15, -0.1) is 0 Å². The van der Waals surface area contributed by atoms with Crippen LogP contribution in [0.4, 0.5) is 0 Å². The van der Waals surface area contributed by atoms with Crippen LogP contribution in [0, 0.1) is 5.41 Å². The van der Waals surface area contributed by atoms with Gasteiger partial charge in [-0.05, 0) is 18.1 Å². The molecule has 1 aliphatic carbocycles. The zero-order chi connectivity index (χ0) is 9.35. The molecule has 64 valence electrons. The van der Waals surface area contributed by atoms with E-state index in [1.54, 1.807) is 0 Å². The summed E-state index contributed by atoms with van der Waals surface area (Å²) in [7, 11) is 0. The molecule has 0 unspecified atom stereocenters. The van der Waals surface area contributed by atoms with Gasteiger partial charge in [-0.2, -0.15) is 0 Å². The van der Waals surface area contributed by atoms with Gasteiger partial charge in [0, 0.05) is 5.41 Å². The van der Waals surface area contributed by atoms with Crippen molar-refractivity contribution >= 4 is 0 Å². The topological polar surface area (TPSA) is 0 Å². The molecular formula is C12H16. The highest BCUT2D eigenvalue weighted by Gasteiger charge is 2.29. The molecule has 1 rings (SSSR count). The highest BCUT2D eigenvalue weighted by atomic mass is 14.3. The van der Waals surface area contributed by atoms with Crippen molar-refractivity contribution in [1.82, 2.24) is 0 Å². The molecule has 0 saturated carbocycles. The fourth-order valence-electron chi connectivity index (χ4n) is 1.61. The average Bonchev–Trinajstić information content (AvgIpc) is 2.23. The van der Waals surface area contributed by atoms with Crippen molar-refractivity contribution in [2.75, 3.05) is 0 Å². The molecular weight excluding hydrogens is 144 g/mol. The Labute approximate surface area is 75.0 Å². The molecule has 0 heterocycles. The molecule has 0 heteroatoms. The minimum Gasteiger partial charge on any atom is -0.0987 e. The molecule has 1 aliphatic rings. The summed E-state index contributed by atoms with van der Waals surface area (Å²) in [6.45, 7) is 14.2. The van der Waals surface area contributed by atoms with Gasteiger partial charge in [0.05, 0.1) is 0 Å². The minimum atomic E-state index is 0.144. The van der Waals surface area contributed by atoms with Crippen LogP contribution in [0.1, 0.15) is 20.8 Å². The van der Waals surface area contributed by atoms with Gasteiger partial charge in [0.1, 0.15) is 0 Å². The maximum absolute atomic E-state index is 3.83. The van der Waals surface area contributed by atoms with Crippen LogP contribution < -0.4 is 0 Å². The van der Waals surface area contributed by atoms with Crippen molar-refractivity contribution in [2.24, 2.45) is 5.41 Å². The van der Waals surface area contributed by atoms with Crippen molar-refractivity contribution < 1.29 is 0 Å². The largest absolute Gasteiger partial charge is 0.0987 e. The Balaban J connectivity index is 3.25. The number of rotatable bonds is 2. The second-order valence-electron chi connectivity index (χ2n) is 3.73. The summed E-state index contributed by atoms with van der Waals surface area (Å²) in [5, 5.41) is 0. The van der Waals surface area contributed by atoms with E-state index in [0.717, 1.165) is 0 Å². The van der Waals surface area contributed by atoms with E-state index < -0.39 is 0 Å². The van der Waals surface area contributed by atoms with Crippen LogP contribution in [0.5, 0.6) is 0 Å². The van der Waals surface area contributed by atoms with E-state index in [-0.39, 0.29) is 5.41 Å². The van der Waals surface area contributed by atoms with E-state index in [9.17, 15) is 0 Å². The third-order valence-corrected chi connectivity index (χ3v) is 2.77. The van der Waals surface area contributed by atoms with Crippen molar-refractivity contribution in [2.45, 2.75) is 20.8 Å². The lowest BCUT2D eigenvalue weighted by Gasteiger charge is -2.23. The Kier molecular flexibility index (Phi) is 2.10. The van der Waals surface area contributed by atoms with Gasteiger partial charge in [0.15, 0.2) is 0 Å². The van der Waals surface area contributed by atoms with E-state index in [4.69, 9.17) is 0 Å². The summed E-state index contributed by atoms with van der Waals surface area (Å²) in [5.74, 6) is 0. The summed E-state index contributed by atoms with van der Waals surface area (Å²) >= 11 is 0. The van der Waals surface area contributed by atoms with Crippen LogP contribution in [0.25, 0.3) is 0 Å². The van der Waals surface area contributed by atoms with Gasteiger partial charge >= 0.3 is 0 Å². The van der Waals surface area contributed by atoms with Crippen molar-refractivity contribution in [1.29, 1.82) is 0 Å². The summed E-state index contributed by atoms with van der Waals surface area (Å²) in [6, 6.07) is 0. The highest BCUT2D eigenvalue weighted by Crippen LogP contribution is 2.43. The third-order valence-electron chi connectivity index (χ3n) is 2.77. The van der Waals surface area contributed by atoms with E-state index >= 15 is 0 Å². The highest BCUT2D eigenvalue weighted by molar-refractivity contribution is 5.53. The lowest BCUT2D eigenvalue weighted by Crippen LogP contribution is -2.11. The molecule has 0 aromatic rings. The standard InChI is InChI=1S/C12H16/c1-6-10-8-9(3)12(4,5)11(10)7-2/h6-8H,1-2H2,3-5H3. The Morgan fingerprint density at radius 2 is 1.83 bits per heavy atom. The zero-order valence-electron chi connectivity index (χ0n) is 8.15. The molecule has 0 saturated heterocycles. The smallest absolute Gasteiger partial charge is 0.0111 e. The molecule has 0 radical (unpaired) electrons. The summed E-state index contributed by atoms with van der Waals surface area (Å²) in [6.07, 6.45) is 6.02. The first kappa shape index (κ1) is 9.05. The van der Waals surface area contributed by atoms with Crippen molar-refractivity contribution in [3.63, 3.8) is 0 Å². The minimum absolute atomic E-state index is 0.144. The fraction of sp³-hybridized carbons (Fsp3) is 0.333. The van der Waals surface area contributed by atoms with Gasteiger partial charge in [-0.3, -0.25) is 0 Å². The van der Waals surface area contributed by atoms with Crippen LogP contribution in [0.2, 0.25) is 0 Å². The SMILES string of the molecule is C=CC1=C(C=C)C(C)(C)C(C)=C1. The average molecular weight is 160 g/mol. The third kappa shape index (κ3) is 1.08. The molecule has 0 nitrogen and oxygen atoms in total. The molecule has 0 aliphatic heterocycles. The maximum Gasteiger partial charge on any atom is 0.0111 e. The molecule has 0 spiro atoms. The van der Waals surface area contributed by atoms with Gasteiger partial charge in [0.25, 0.3) is 0 Å². The summed E-state index contributed by atoms with van der Waals surface area (Å²) in [5.41, 5.74) is 4.03. The van der Waals surface area contributed by atoms with Gasteiger partial charge in [-0.1, -0.05) is 50.8 Å². The quantitative estimate of drug-likeness (QED) is 0.578. The van der Waals surface area contributed by atoms with Crippen LogP contribution in [0.15, 0.2) is 48.1 Å². The van der Waals surface area contributed by atoms with Crippen LogP contribution in [-0.2, 0) is 0 Å². The molecule has 0 aromatic heterocycles.